The molecule has 0 bridgehead atoms. The van der Waals surface area contributed by atoms with Crippen LogP contribution in [-0.2, 0) is 4.79 Å². The van der Waals surface area contributed by atoms with Gasteiger partial charge in [0, 0.05) is 68.0 Å². The number of likely N-dealkylation sites (N-methyl/N-ethyl adjacent to an activating group) is 1. The van der Waals surface area contributed by atoms with Crippen molar-refractivity contribution < 1.29 is 14.4 Å². The average Bonchev–Trinajstić information content (AvgIpc) is 3.27. The number of benzene rings is 2. The van der Waals surface area contributed by atoms with Gasteiger partial charge in [0.25, 0.3) is 17.6 Å². The van der Waals surface area contributed by atoms with E-state index in [0.717, 1.165) is 12.1 Å². The molecule has 1 N–H and O–H groups in total. The molecule has 178 valence electrons. The van der Waals surface area contributed by atoms with Crippen molar-refractivity contribution in [1.29, 1.82) is 0 Å². The second kappa shape index (κ2) is 9.43. The number of piperazine rings is 1. The van der Waals surface area contributed by atoms with Crippen LogP contribution in [0.1, 0.15) is 53.1 Å². The fourth-order valence-electron chi connectivity index (χ4n) is 4.82. The average molecular weight is 461 g/mol. The molecule has 0 saturated carbocycles. The zero-order valence-corrected chi connectivity index (χ0v) is 20.4. The molecule has 7 heteroatoms. The van der Waals surface area contributed by atoms with E-state index < -0.39 is 11.7 Å². The number of ketones is 1. The number of hydrogen-bond donors (Lipinski definition) is 1. The first-order valence-electron chi connectivity index (χ1n) is 11.7. The first-order valence-corrected chi connectivity index (χ1v) is 11.7. The van der Waals surface area contributed by atoms with Gasteiger partial charge in [-0.15, -0.1) is 0 Å². The molecule has 7 nitrogen and oxygen atoms in total. The number of nitrogens with zero attached hydrogens (tertiary/aromatic N) is 3. The topological polar surface area (TPSA) is 76.7 Å². The lowest BCUT2D eigenvalue weighted by molar-refractivity contribution is -0.124. The van der Waals surface area contributed by atoms with Crippen LogP contribution in [0.3, 0.4) is 0 Å². The van der Waals surface area contributed by atoms with E-state index in [4.69, 9.17) is 0 Å². The number of nitrogens with one attached hydrogen (secondary N) is 1. The molecular weight excluding hydrogens is 428 g/mol. The lowest BCUT2D eigenvalue weighted by Gasteiger charge is -2.46. The summed E-state index contributed by atoms with van der Waals surface area (Å²) in [6.45, 7) is 7.84. The molecular formula is C27H32N4O3. The Morgan fingerprint density at radius 2 is 1.71 bits per heavy atom. The van der Waals surface area contributed by atoms with Crippen molar-refractivity contribution in [1.82, 2.24) is 19.7 Å². The highest BCUT2D eigenvalue weighted by atomic mass is 16.2. The molecule has 2 aromatic carbocycles. The van der Waals surface area contributed by atoms with Crippen LogP contribution in [0.15, 0.2) is 54.7 Å². The fraction of sp³-hybridized carbons (Fsp3) is 0.370. The quantitative estimate of drug-likeness (QED) is 0.465. The largest absolute Gasteiger partial charge is 0.360 e. The lowest BCUT2D eigenvalue weighted by atomic mass is 9.99. The summed E-state index contributed by atoms with van der Waals surface area (Å²) in [5.74, 6) is -1.25. The van der Waals surface area contributed by atoms with Gasteiger partial charge in [0.2, 0.25) is 0 Å². The fourth-order valence-corrected chi connectivity index (χ4v) is 4.82. The van der Waals surface area contributed by atoms with Crippen LogP contribution in [0.5, 0.6) is 0 Å². The third kappa shape index (κ3) is 4.35. The van der Waals surface area contributed by atoms with Gasteiger partial charge in [-0.05, 0) is 44.5 Å². The number of amides is 2. The standard InChI is InChI=1S/C27H32N4O3/c1-17-16-31(18(2)15-30(17)19(3)20-9-7-6-8-10-20)26(33)21-11-12-24-22(13-21)23(14-28-24)25(32)27(34)29(4)5/h6-14,17-19,28H,15-16H2,1-5H3. The smallest absolute Gasteiger partial charge is 0.294 e. The normalized spacial score (nSPS) is 19.7. The highest BCUT2D eigenvalue weighted by molar-refractivity contribution is 6.44. The van der Waals surface area contributed by atoms with Gasteiger partial charge in [0.05, 0.1) is 5.56 Å². The van der Waals surface area contributed by atoms with Crippen molar-refractivity contribution in [2.24, 2.45) is 0 Å². The van der Waals surface area contributed by atoms with Gasteiger partial charge in [0.15, 0.2) is 0 Å². The van der Waals surface area contributed by atoms with Gasteiger partial charge >= 0.3 is 0 Å². The lowest BCUT2D eigenvalue weighted by Crippen LogP contribution is -2.58. The summed E-state index contributed by atoms with van der Waals surface area (Å²) < 4.78 is 0. The number of carbonyl (C=O) groups is 3. The van der Waals surface area contributed by atoms with Crippen molar-refractivity contribution >= 4 is 28.5 Å². The zero-order chi connectivity index (χ0) is 24.6. The Morgan fingerprint density at radius 3 is 2.38 bits per heavy atom. The predicted molar refractivity (Wildman–Crippen MR) is 133 cm³/mol. The SMILES string of the molecule is CC1CN(C(C)c2ccccc2)C(C)CN1C(=O)c1ccc2[nH]cc(C(=O)C(=O)N(C)C)c2c1. The van der Waals surface area contributed by atoms with Gasteiger partial charge < -0.3 is 14.8 Å². The van der Waals surface area contributed by atoms with E-state index in [2.05, 4.69) is 54.9 Å². The molecule has 1 fully saturated rings. The molecule has 0 spiro atoms. The maximum Gasteiger partial charge on any atom is 0.294 e. The van der Waals surface area contributed by atoms with Gasteiger partial charge in [-0.1, -0.05) is 30.3 Å². The zero-order valence-electron chi connectivity index (χ0n) is 20.4. The summed E-state index contributed by atoms with van der Waals surface area (Å²) >= 11 is 0. The van der Waals surface area contributed by atoms with E-state index in [9.17, 15) is 14.4 Å². The monoisotopic (exact) mass is 460 g/mol. The molecule has 0 aliphatic carbocycles. The van der Waals surface area contributed by atoms with Gasteiger partial charge in [-0.3, -0.25) is 19.3 Å². The minimum atomic E-state index is -0.594. The molecule has 3 aromatic rings. The summed E-state index contributed by atoms with van der Waals surface area (Å²) in [6.07, 6.45) is 1.54. The minimum Gasteiger partial charge on any atom is -0.360 e. The first-order chi connectivity index (χ1) is 16.2. The van der Waals surface area contributed by atoms with Crippen LogP contribution < -0.4 is 0 Å². The van der Waals surface area contributed by atoms with E-state index in [1.54, 1.807) is 32.3 Å². The highest BCUT2D eigenvalue weighted by Crippen LogP contribution is 2.29. The molecule has 1 aromatic heterocycles. The Morgan fingerprint density at radius 1 is 1.00 bits per heavy atom. The summed E-state index contributed by atoms with van der Waals surface area (Å²) in [4.78, 5) is 47.0. The summed E-state index contributed by atoms with van der Waals surface area (Å²) in [6, 6.07) is 16.2. The number of Topliss-reactive ketones (excluding diaryl/α,β-unsaturated/α-hetero) is 1. The maximum absolute atomic E-state index is 13.5. The maximum atomic E-state index is 13.5. The Labute approximate surface area is 200 Å². The van der Waals surface area contributed by atoms with Crippen LogP contribution in [0, 0.1) is 0 Å². The van der Waals surface area contributed by atoms with Crippen LogP contribution in [0.2, 0.25) is 0 Å². The number of aromatic amines is 1. The van der Waals surface area contributed by atoms with Gasteiger partial charge in [0.1, 0.15) is 0 Å². The number of H-pyrrole nitrogens is 1. The molecule has 4 rings (SSSR count). The number of fused-ring (bicyclic) bond motifs is 1. The van der Waals surface area contributed by atoms with E-state index in [0.29, 0.717) is 17.5 Å². The van der Waals surface area contributed by atoms with E-state index >= 15 is 0 Å². The molecule has 3 atom stereocenters. The summed E-state index contributed by atoms with van der Waals surface area (Å²) in [5.41, 5.74) is 2.78. The number of carbonyl (C=O) groups excluding carboxylic acids is 3. The molecule has 34 heavy (non-hydrogen) atoms. The highest BCUT2D eigenvalue weighted by Gasteiger charge is 2.35. The van der Waals surface area contributed by atoms with Gasteiger partial charge in [-0.2, -0.15) is 0 Å². The molecule has 1 saturated heterocycles. The number of hydrogen-bond acceptors (Lipinski definition) is 4. The second-order valence-corrected chi connectivity index (χ2v) is 9.43. The van der Waals surface area contributed by atoms with E-state index in [1.807, 2.05) is 11.0 Å². The number of rotatable bonds is 5. The Hall–Kier alpha value is -3.45. The Kier molecular flexibility index (Phi) is 6.57. The van der Waals surface area contributed by atoms with Crippen LogP contribution >= 0.6 is 0 Å². The van der Waals surface area contributed by atoms with Crippen molar-refractivity contribution in [3.8, 4) is 0 Å². The predicted octanol–water partition coefficient (Wildman–Crippen LogP) is 3.73. The molecule has 0 radical (unpaired) electrons. The molecule has 1 aliphatic heterocycles. The molecule has 1 aliphatic rings. The second-order valence-electron chi connectivity index (χ2n) is 9.43. The molecule has 2 heterocycles. The van der Waals surface area contributed by atoms with Crippen molar-refractivity contribution in [2.45, 2.75) is 38.9 Å². The van der Waals surface area contributed by atoms with Crippen molar-refractivity contribution in [2.75, 3.05) is 27.2 Å². The van der Waals surface area contributed by atoms with E-state index in [1.165, 1.54) is 16.7 Å². The Balaban J connectivity index is 1.56. The van der Waals surface area contributed by atoms with Crippen molar-refractivity contribution in [3.05, 3.63) is 71.4 Å². The number of aromatic nitrogens is 1. The van der Waals surface area contributed by atoms with Crippen LogP contribution in [0.4, 0.5) is 0 Å². The molecule has 3 unspecified atom stereocenters. The third-order valence-corrected chi connectivity index (χ3v) is 6.85. The summed E-state index contributed by atoms with van der Waals surface area (Å²) in [7, 11) is 3.09. The first kappa shape index (κ1) is 23.7. The van der Waals surface area contributed by atoms with Crippen LogP contribution in [0.25, 0.3) is 10.9 Å². The van der Waals surface area contributed by atoms with Crippen molar-refractivity contribution in [3.63, 3.8) is 0 Å². The van der Waals surface area contributed by atoms with Crippen LogP contribution in [-0.4, -0.2) is 76.5 Å². The van der Waals surface area contributed by atoms with E-state index in [-0.39, 0.29) is 29.6 Å². The summed E-state index contributed by atoms with van der Waals surface area (Å²) in [5, 5.41) is 0.586. The molecule has 2 amide bonds. The third-order valence-electron chi connectivity index (χ3n) is 6.85. The Bertz CT molecular complexity index is 1220. The van der Waals surface area contributed by atoms with Gasteiger partial charge in [-0.25, -0.2) is 0 Å². The minimum absolute atomic E-state index is 0.0354.